The molecule has 2 saturated carbocycles. The molecule has 0 unspecified atom stereocenters. The van der Waals surface area contributed by atoms with Crippen LogP contribution in [0.15, 0.2) is 49.6 Å². The van der Waals surface area contributed by atoms with Crippen LogP contribution in [-0.4, -0.2) is 49.9 Å². The van der Waals surface area contributed by atoms with E-state index in [4.69, 9.17) is 28.9 Å². The lowest BCUT2D eigenvalue weighted by atomic mass is 9.87. The molecule has 0 atom stereocenters. The second-order valence-electron chi connectivity index (χ2n) is 9.68. The molecular weight excluding hydrogens is 508 g/mol. The van der Waals surface area contributed by atoms with Crippen LogP contribution in [-0.2, 0) is 38.5 Å². The Morgan fingerprint density at radius 2 is 1.44 bits per heavy atom. The van der Waals surface area contributed by atoms with Gasteiger partial charge < -0.3 is 19.1 Å². The average molecular weight is 547 g/mol. The Bertz CT molecular complexity index is 928. The zero-order valence-electron chi connectivity index (χ0n) is 22.3. The van der Waals surface area contributed by atoms with E-state index in [9.17, 15) is 14.4 Å². The fourth-order valence-electron chi connectivity index (χ4n) is 4.51. The van der Waals surface area contributed by atoms with Crippen LogP contribution in [0.1, 0.15) is 57.8 Å². The molecular formula is C29H38O10. The standard InChI is InChI=1S/C29H38O10/c1-3-27(30)34-19-5-18-33-23-10-6-21(7-11-23)20-35-37-25-16-14-24(15-17-25)36-29(32)22-8-12-26(13-9-22)38-39-28(31)4-2/h3-4,14-17,21-23,26H,1-2,5-13,18-20H2. The van der Waals surface area contributed by atoms with Crippen molar-refractivity contribution in [2.45, 2.75) is 70.0 Å². The lowest BCUT2D eigenvalue weighted by Crippen LogP contribution is -2.29. The molecule has 0 saturated heterocycles. The maximum Gasteiger partial charge on any atom is 0.365 e. The predicted octanol–water partition coefficient (Wildman–Crippen LogP) is 4.82. The maximum atomic E-state index is 12.5. The Balaban J connectivity index is 1.25. The molecule has 0 aromatic heterocycles. The summed E-state index contributed by atoms with van der Waals surface area (Å²) >= 11 is 0. The largest absolute Gasteiger partial charge is 0.462 e. The molecule has 39 heavy (non-hydrogen) atoms. The molecule has 0 amide bonds. The summed E-state index contributed by atoms with van der Waals surface area (Å²) in [4.78, 5) is 55.2. The minimum atomic E-state index is -0.637. The van der Waals surface area contributed by atoms with Gasteiger partial charge >= 0.3 is 17.9 Å². The molecule has 0 N–H and O–H groups in total. The highest BCUT2D eigenvalue weighted by Gasteiger charge is 2.29. The van der Waals surface area contributed by atoms with Crippen LogP contribution in [0.25, 0.3) is 0 Å². The molecule has 10 nitrogen and oxygen atoms in total. The normalized spacial score (nSPS) is 22.8. The fraction of sp³-hybridized carbons (Fsp3) is 0.552. The number of carbonyl (C=O) groups excluding carboxylic acids is 3. The molecule has 2 fully saturated rings. The van der Waals surface area contributed by atoms with Crippen LogP contribution in [0.5, 0.6) is 11.5 Å². The first-order chi connectivity index (χ1) is 19.0. The van der Waals surface area contributed by atoms with Crippen molar-refractivity contribution in [1.82, 2.24) is 0 Å². The monoisotopic (exact) mass is 546 g/mol. The van der Waals surface area contributed by atoms with Gasteiger partial charge in [0.15, 0.2) is 5.75 Å². The molecule has 2 aliphatic rings. The van der Waals surface area contributed by atoms with Gasteiger partial charge in [-0.15, -0.1) is 0 Å². The van der Waals surface area contributed by atoms with Crippen molar-refractivity contribution in [3.05, 3.63) is 49.6 Å². The summed E-state index contributed by atoms with van der Waals surface area (Å²) in [5.74, 6) is -0.224. The summed E-state index contributed by atoms with van der Waals surface area (Å²) in [7, 11) is 0. The number of rotatable bonds is 15. The van der Waals surface area contributed by atoms with Gasteiger partial charge in [-0.3, -0.25) is 9.68 Å². The van der Waals surface area contributed by atoms with Crippen molar-refractivity contribution in [3.63, 3.8) is 0 Å². The average Bonchev–Trinajstić information content (AvgIpc) is 2.97. The zero-order chi connectivity index (χ0) is 27.9. The highest BCUT2D eigenvalue weighted by atomic mass is 17.2. The van der Waals surface area contributed by atoms with Crippen LogP contribution in [0, 0.1) is 11.8 Å². The number of carbonyl (C=O) groups is 3. The molecule has 1 aromatic carbocycles. The highest BCUT2D eigenvalue weighted by molar-refractivity contribution is 5.81. The number of hydrogen-bond donors (Lipinski definition) is 0. The summed E-state index contributed by atoms with van der Waals surface area (Å²) in [6, 6.07) is 6.72. The van der Waals surface area contributed by atoms with Crippen molar-refractivity contribution < 1.29 is 48.1 Å². The van der Waals surface area contributed by atoms with Gasteiger partial charge in [0.2, 0.25) is 0 Å². The van der Waals surface area contributed by atoms with E-state index in [0.29, 0.717) is 69.3 Å². The first kappa shape index (κ1) is 30.3. The third-order valence-corrected chi connectivity index (χ3v) is 6.79. The molecule has 10 heteroatoms. The first-order valence-electron chi connectivity index (χ1n) is 13.5. The van der Waals surface area contributed by atoms with Crippen molar-refractivity contribution in [2.75, 3.05) is 19.8 Å². The Labute approximate surface area is 229 Å². The lowest BCUT2D eigenvalue weighted by molar-refractivity contribution is -0.298. The van der Waals surface area contributed by atoms with Crippen LogP contribution >= 0.6 is 0 Å². The van der Waals surface area contributed by atoms with E-state index < -0.39 is 11.9 Å². The predicted molar refractivity (Wildman–Crippen MR) is 139 cm³/mol. The van der Waals surface area contributed by atoms with E-state index >= 15 is 0 Å². The smallest absolute Gasteiger partial charge is 0.365 e. The number of ether oxygens (including phenoxy) is 3. The first-order valence-corrected chi connectivity index (χ1v) is 13.5. The second kappa shape index (κ2) is 16.7. The quantitative estimate of drug-likeness (QED) is 0.0757. The van der Waals surface area contributed by atoms with Gasteiger partial charge in [0.05, 0.1) is 31.8 Å². The second-order valence-corrected chi connectivity index (χ2v) is 9.68. The Hall–Kier alpha value is -3.21. The number of benzene rings is 1. The van der Waals surface area contributed by atoms with Gasteiger partial charge in [-0.1, -0.05) is 13.2 Å². The summed E-state index contributed by atoms with van der Waals surface area (Å²) in [5, 5.41) is 0. The topological polar surface area (TPSA) is 116 Å². The van der Waals surface area contributed by atoms with Crippen molar-refractivity contribution in [3.8, 4) is 11.5 Å². The molecule has 0 heterocycles. The Morgan fingerprint density at radius 1 is 0.795 bits per heavy atom. The molecule has 1 aromatic rings. The molecule has 0 aliphatic heterocycles. The van der Waals surface area contributed by atoms with E-state index in [1.54, 1.807) is 24.3 Å². The van der Waals surface area contributed by atoms with Gasteiger partial charge in [0, 0.05) is 18.6 Å². The summed E-state index contributed by atoms with van der Waals surface area (Å²) < 4.78 is 16.3. The molecule has 214 valence electrons. The van der Waals surface area contributed by atoms with Gasteiger partial charge in [-0.05, 0) is 81.5 Å². The molecule has 0 bridgehead atoms. The van der Waals surface area contributed by atoms with Crippen LogP contribution in [0.2, 0.25) is 0 Å². The Kier molecular flexibility index (Phi) is 13.0. The van der Waals surface area contributed by atoms with Crippen molar-refractivity contribution >= 4 is 17.9 Å². The van der Waals surface area contributed by atoms with Crippen molar-refractivity contribution in [2.24, 2.45) is 11.8 Å². The molecule has 3 rings (SSSR count). The van der Waals surface area contributed by atoms with E-state index in [1.807, 2.05) is 0 Å². The summed E-state index contributed by atoms with van der Waals surface area (Å²) in [5.41, 5.74) is 0. The van der Waals surface area contributed by atoms with Gasteiger partial charge in [0.1, 0.15) is 11.9 Å². The lowest BCUT2D eigenvalue weighted by Gasteiger charge is -2.28. The fourth-order valence-corrected chi connectivity index (χ4v) is 4.51. The van der Waals surface area contributed by atoms with Crippen LogP contribution in [0.4, 0.5) is 0 Å². The third kappa shape index (κ3) is 11.2. The molecule has 0 radical (unpaired) electrons. The van der Waals surface area contributed by atoms with Gasteiger partial charge in [-0.2, -0.15) is 9.78 Å². The van der Waals surface area contributed by atoms with E-state index in [0.717, 1.165) is 37.8 Å². The van der Waals surface area contributed by atoms with E-state index in [2.05, 4.69) is 18.0 Å². The minimum absolute atomic E-state index is 0.220. The van der Waals surface area contributed by atoms with Gasteiger partial charge in [-0.25, -0.2) is 9.59 Å². The van der Waals surface area contributed by atoms with Crippen LogP contribution < -0.4 is 9.62 Å². The zero-order valence-corrected chi connectivity index (χ0v) is 22.3. The van der Waals surface area contributed by atoms with Crippen molar-refractivity contribution in [1.29, 1.82) is 0 Å². The van der Waals surface area contributed by atoms with E-state index in [1.165, 1.54) is 0 Å². The molecule has 2 aliphatic carbocycles. The van der Waals surface area contributed by atoms with Gasteiger partial charge in [0.25, 0.3) is 0 Å². The Morgan fingerprint density at radius 3 is 2.10 bits per heavy atom. The highest BCUT2D eigenvalue weighted by Crippen LogP contribution is 2.29. The van der Waals surface area contributed by atoms with Crippen LogP contribution in [0.3, 0.4) is 0 Å². The number of hydrogen-bond acceptors (Lipinski definition) is 10. The molecule has 0 spiro atoms. The number of esters is 2. The summed E-state index contributed by atoms with van der Waals surface area (Å²) in [6.07, 6.45) is 9.10. The minimum Gasteiger partial charge on any atom is -0.462 e. The summed E-state index contributed by atoms with van der Waals surface area (Å²) in [6.45, 7) is 8.06. The third-order valence-electron chi connectivity index (χ3n) is 6.79. The van der Waals surface area contributed by atoms with E-state index in [-0.39, 0.29) is 24.1 Å². The maximum absolute atomic E-state index is 12.5. The SMILES string of the molecule is C=CC(=O)OCCCOC1CCC(COOc2ccc(OC(=O)C3CCC(OOC(=O)C=C)CC3)cc2)CC1.